The highest BCUT2D eigenvalue weighted by atomic mass is 16.5. The lowest BCUT2D eigenvalue weighted by molar-refractivity contribution is -0.129. The number of likely N-dealkylation sites (tertiary alicyclic amines) is 2. The second-order valence-electron chi connectivity index (χ2n) is 5.82. The highest BCUT2D eigenvalue weighted by Gasteiger charge is 2.25. The lowest BCUT2D eigenvalue weighted by Gasteiger charge is -2.34. The van der Waals surface area contributed by atoms with Crippen molar-refractivity contribution in [3.63, 3.8) is 0 Å². The molecule has 5 heteroatoms. The van der Waals surface area contributed by atoms with Crippen LogP contribution in [0, 0.1) is 5.92 Å². The lowest BCUT2D eigenvalue weighted by Crippen LogP contribution is -2.45. The van der Waals surface area contributed by atoms with Gasteiger partial charge in [0.05, 0.1) is 12.7 Å². The van der Waals surface area contributed by atoms with Crippen LogP contribution >= 0.6 is 0 Å². The Morgan fingerprint density at radius 2 is 2.21 bits per heavy atom. The summed E-state index contributed by atoms with van der Waals surface area (Å²) >= 11 is 0. The first-order valence-electron chi connectivity index (χ1n) is 7.36. The van der Waals surface area contributed by atoms with E-state index in [1.165, 1.54) is 12.8 Å². The van der Waals surface area contributed by atoms with E-state index in [9.17, 15) is 9.90 Å². The van der Waals surface area contributed by atoms with Crippen LogP contribution in [0.3, 0.4) is 0 Å². The van der Waals surface area contributed by atoms with Gasteiger partial charge in [0.15, 0.2) is 0 Å². The van der Waals surface area contributed by atoms with Gasteiger partial charge in [0.25, 0.3) is 0 Å². The van der Waals surface area contributed by atoms with Gasteiger partial charge in [-0.05, 0) is 31.7 Å². The van der Waals surface area contributed by atoms with Crippen molar-refractivity contribution in [1.82, 2.24) is 9.80 Å². The van der Waals surface area contributed by atoms with Crippen LogP contribution in [-0.2, 0) is 9.53 Å². The van der Waals surface area contributed by atoms with Gasteiger partial charge in [-0.2, -0.15) is 0 Å². The Hall–Kier alpha value is -0.650. The van der Waals surface area contributed by atoms with Crippen LogP contribution in [0.2, 0.25) is 0 Å². The summed E-state index contributed by atoms with van der Waals surface area (Å²) in [5, 5.41) is 10.1. The maximum Gasteiger partial charge on any atom is 0.222 e. The van der Waals surface area contributed by atoms with E-state index in [0.717, 1.165) is 32.7 Å². The maximum atomic E-state index is 11.5. The Balaban J connectivity index is 1.72. The van der Waals surface area contributed by atoms with Gasteiger partial charge in [-0.15, -0.1) is 0 Å². The highest BCUT2D eigenvalue weighted by Crippen LogP contribution is 2.17. The number of carbonyl (C=O) groups is 1. The number of aliphatic hydroxyl groups excluding tert-OH is 1. The normalized spacial score (nSPS) is 26.9. The van der Waals surface area contributed by atoms with Gasteiger partial charge in [0.1, 0.15) is 0 Å². The maximum absolute atomic E-state index is 11.5. The van der Waals surface area contributed by atoms with E-state index in [-0.39, 0.29) is 5.91 Å². The van der Waals surface area contributed by atoms with E-state index < -0.39 is 6.10 Å². The summed E-state index contributed by atoms with van der Waals surface area (Å²) in [5.74, 6) is 0.773. The standard InChI is InChI=1S/C14H26N2O3/c1-19-11-12-4-2-6-15(8-12)9-13(17)10-16-7-3-5-14(16)18/h12-13,17H,2-11H2,1H3. The van der Waals surface area contributed by atoms with E-state index in [1.807, 2.05) is 0 Å². The second kappa shape index (κ2) is 7.22. The molecule has 2 unspecified atom stereocenters. The fraction of sp³-hybridized carbons (Fsp3) is 0.929. The fourth-order valence-corrected chi connectivity index (χ4v) is 3.20. The fourth-order valence-electron chi connectivity index (χ4n) is 3.20. The number of rotatable bonds is 6. The summed E-state index contributed by atoms with van der Waals surface area (Å²) in [5.41, 5.74) is 0. The zero-order chi connectivity index (χ0) is 13.7. The average Bonchev–Trinajstić information content (AvgIpc) is 2.76. The molecule has 0 bridgehead atoms. The molecule has 0 saturated carbocycles. The van der Waals surface area contributed by atoms with Gasteiger partial charge in [0.2, 0.25) is 5.91 Å². The first-order chi connectivity index (χ1) is 9.19. The minimum Gasteiger partial charge on any atom is -0.390 e. The molecule has 2 saturated heterocycles. The molecular weight excluding hydrogens is 244 g/mol. The van der Waals surface area contributed by atoms with Crippen LogP contribution in [-0.4, -0.2) is 73.4 Å². The minimum atomic E-state index is -0.427. The summed E-state index contributed by atoms with van der Waals surface area (Å²) in [6.45, 7) is 4.82. The van der Waals surface area contributed by atoms with Crippen molar-refractivity contribution in [2.75, 3.05) is 46.4 Å². The molecule has 2 aliphatic heterocycles. The third-order valence-corrected chi connectivity index (χ3v) is 4.08. The van der Waals surface area contributed by atoms with E-state index in [0.29, 0.717) is 25.4 Å². The van der Waals surface area contributed by atoms with E-state index in [1.54, 1.807) is 12.0 Å². The van der Waals surface area contributed by atoms with Gasteiger partial charge in [-0.1, -0.05) is 0 Å². The zero-order valence-electron chi connectivity index (χ0n) is 11.9. The number of amides is 1. The minimum absolute atomic E-state index is 0.190. The third kappa shape index (κ3) is 4.44. The number of methoxy groups -OCH3 is 1. The largest absolute Gasteiger partial charge is 0.390 e. The summed E-state index contributed by atoms with van der Waals surface area (Å²) in [7, 11) is 1.74. The smallest absolute Gasteiger partial charge is 0.222 e. The molecule has 2 heterocycles. The Labute approximate surface area is 115 Å². The van der Waals surface area contributed by atoms with Gasteiger partial charge in [-0.3, -0.25) is 4.79 Å². The number of nitrogens with zero attached hydrogens (tertiary/aromatic N) is 2. The Kier molecular flexibility index (Phi) is 5.60. The average molecular weight is 270 g/mol. The van der Waals surface area contributed by atoms with E-state index in [2.05, 4.69) is 4.90 Å². The Morgan fingerprint density at radius 1 is 1.37 bits per heavy atom. The first kappa shape index (κ1) is 14.8. The van der Waals surface area contributed by atoms with Crippen LogP contribution in [0.1, 0.15) is 25.7 Å². The summed E-state index contributed by atoms with van der Waals surface area (Å²) in [6.07, 6.45) is 3.54. The Morgan fingerprint density at radius 3 is 2.89 bits per heavy atom. The molecular formula is C14H26N2O3. The number of aliphatic hydroxyl groups is 1. The molecule has 2 atom stereocenters. The molecule has 0 spiro atoms. The molecule has 1 amide bonds. The van der Waals surface area contributed by atoms with Crippen molar-refractivity contribution in [2.24, 2.45) is 5.92 Å². The van der Waals surface area contributed by atoms with E-state index >= 15 is 0 Å². The molecule has 0 radical (unpaired) electrons. The first-order valence-corrected chi connectivity index (χ1v) is 7.36. The number of β-amino-alcohol motifs (C(OH)–C–C–N with tert-alkyl or cyclic N) is 1. The number of ether oxygens (including phenoxy) is 1. The quantitative estimate of drug-likeness (QED) is 0.755. The Bertz CT molecular complexity index is 296. The topological polar surface area (TPSA) is 53.0 Å². The van der Waals surface area contributed by atoms with Crippen molar-refractivity contribution >= 4 is 5.91 Å². The van der Waals surface area contributed by atoms with Crippen molar-refractivity contribution in [3.05, 3.63) is 0 Å². The molecule has 1 N–H and O–H groups in total. The molecule has 110 valence electrons. The molecule has 0 aromatic carbocycles. The molecule has 2 fully saturated rings. The zero-order valence-corrected chi connectivity index (χ0v) is 11.9. The van der Waals surface area contributed by atoms with Gasteiger partial charge in [0, 0.05) is 39.7 Å². The SMILES string of the molecule is COCC1CCCN(CC(O)CN2CCCC2=O)C1. The molecule has 0 aliphatic carbocycles. The molecule has 5 nitrogen and oxygen atoms in total. The summed E-state index contributed by atoms with van der Waals surface area (Å²) in [6, 6.07) is 0. The monoisotopic (exact) mass is 270 g/mol. The van der Waals surface area contributed by atoms with Gasteiger partial charge in [-0.25, -0.2) is 0 Å². The van der Waals surface area contributed by atoms with Crippen molar-refractivity contribution in [1.29, 1.82) is 0 Å². The number of hydrogen-bond acceptors (Lipinski definition) is 4. The van der Waals surface area contributed by atoms with Crippen LogP contribution < -0.4 is 0 Å². The molecule has 0 aromatic rings. The van der Waals surface area contributed by atoms with Gasteiger partial charge < -0.3 is 19.6 Å². The summed E-state index contributed by atoms with van der Waals surface area (Å²) < 4.78 is 5.21. The van der Waals surface area contributed by atoms with E-state index in [4.69, 9.17) is 4.74 Å². The van der Waals surface area contributed by atoms with Crippen LogP contribution in [0.15, 0.2) is 0 Å². The molecule has 2 aliphatic rings. The van der Waals surface area contributed by atoms with Crippen LogP contribution in [0.5, 0.6) is 0 Å². The second-order valence-corrected chi connectivity index (χ2v) is 5.82. The third-order valence-electron chi connectivity index (χ3n) is 4.08. The van der Waals surface area contributed by atoms with Crippen LogP contribution in [0.4, 0.5) is 0 Å². The number of hydrogen-bond donors (Lipinski definition) is 1. The van der Waals surface area contributed by atoms with Crippen molar-refractivity contribution in [2.45, 2.75) is 31.8 Å². The highest BCUT2D eigenvalue weighted by molar-refractivity contribution is 5.78. The predicted octanol–water partition coefficient (Wildman–Crippen LogP) is 0.328. The molecule has 0 aromatic heterocycles. The van der Waals surface area contributed by atoms with Crippen LogP contribution in [0.25, 0.3) is 0 Å². The molecule has 19 heavy (non-hydrogen) atoms. The summed E-state index contributed by atoms with van der Waals surface area (Å²) in [4.78, 5) is 15.6. The predicted molar refractivity (Wildman–Crippen MR) is 72.9 cm³/mol. The molecule has 2 rings (SSSR count). The lowest BCUT2D eigenvalue weighted by atomic mass is 9.99. The van der Waals surface area contributed by atoms with Crippen molar-refractivity contribution in [3.8, 4) is 0 Å². The van der Waals surface area contributed by atoms with Gasteiger partial charge >= 0.3 is 0 Å². The number of carbonyl (C=O) groups excluding carboxylic acids is 1. The van der Waals surface area contributed by atoms with Crippen molar-refractivity contribution < 1.29 is 14.6 Å². The number of piperidine rings is 1.